The van der Waals surface area contributed by atoms with Crippen molar-refractivity contribution in [2.45, 2.75) is 38.8 Å². The van der Waals surface area contributed by atoms with Crippen LogP contribution in [-0.4, -0.2) is 37.2 Å². The number of hydrogen-bond acceptors (Lipinski definition) is 5. The number of rotatable bonds is 6. The van der Waals surface area contributed by atoms with Crippen molar-refractivity contribution < 1.29 is 19.1 Å². The number of nitrogens with one attached hydrogen (secondary N) is 1. The van der Waals surface area contributed by atoms with Gasteiger partial charge >= 0.3 is 11.9 Å². The van der Waals surface area contributed by atoms with Gasteiger partial charge in [-0.1, -0.05) is 23.7 Å². The minimum atomic E-state index is -0.626. The summed E-state index contributed by atoms with van der Waals surface area (Å²) in [7, 11) is 1.31. The highest BCUT2D eigenvalue weighted by atomic mass is 35.5. The van der Waals surface area contributed by atoms with Gasteiger partial charge in [0, 0.05) is 5.02 Å². The lowest BCUT2D eigenvalue weighted by Gasteiger charge is -2.21. The predicted octanol–water partition coefficient (Wildman–Crippen LogP) is 2.36. The Morgan fingerprint density at radius 1 is 1.23 bits per heavy atom. The molecule has 1 rings (SSSR count). The fourth-order valence-corrected chi connectivity index (χ4v) is 1.95. The minimum Gasteiger partial charge on any atom is -0.468 e. The molecule has 1 aromatic carbocycles. The Kier molecular flexibility index (Phi) is 6.84. The number of carbonyl (C=O) groups excluding carboxylic acids is 2. The minimum absolute atomic E-state index is 0.0649. The molecule has 0 radical (unpaired) electrons. The second kappa shape index (κ2) is 8.15. The highest BCUT2D eigenvalue weighted by Crippen LogP contribution is 2.12. The van der Waals surface area contributed by atoms with E-state index in [9.17, 15) is 9.59 Å². The van der Waals surface area contributed by atoms with Crippen molar-refractivity contribution in [1.82, 2.24) is 5.32 Å². The predicted molar refractivity (Wildman–Crippen MR) is 84.8 cm³/mol. The van der Waals surface area contributed by atoms with Crippen LogP contribution >= 0.6 is 11.6 Å². The summed E-state index contributed by atoms with van der Waals surface area (Å²) in [5.41, 5.74) is 0.354. The van der Waals surface area contributed by atoms with Crippen LogP contribution in [-0.2, 0) is 25.5 Å². The van der Waals surface area contributed by atoms with Crippen LogP contribution in [0.25, 0.3) is 0 Å². The average molecular weight is 328 g/mol. The summed E-state index contributed by atoms with van der Waals surface area (Å²) in [6.45, 7) is 5.30. The first-order valence-electron chi connectivity index (χ1n) is 6.99. The number of esters is 2. The van der Waals surface area contributed by atoms with Gasteiger partial charge in [-0.25, -0.2) is 0 Å². The molecular formula is C16H22ClNO4. The molecule has 0 bridgehead atoms. The van der Waals surface area contributed by atoms with Crippen molar-refractivity contribution >= 4 is 23.5 Å². The van der Waals surface area contributed by atoms with Crippen LogP contribution in [0.5, 0.6) is 0 Å². The number of halogens is 1. The first kappa shape index (κ1) is 18.5. The third-order valence-corrected chi connectivity index (χ3v) is 3.00. The lowest BCUT2D eigenvalue weighted by Crippen LogP contribution is -2.43. The molecule has 6 heteroatoms. The lowest BCUT2D eigenvalue weighted by molar-refractivity contribution is -0.154. The highest BCUT2D eigenvalue weighted by molar-refractivity contribution is 6.30. The summed E-state index contributed by atoms with van der Waals surface area (Å²) in [4.78, 5) is 23.5. The molecular weight excluding hydrogens is 306 g/mol. The normalized spacial score (nSPS) is 12.6. The smallest absolute Gasteiger partial charge is 0.323 e. The Hall–Kier alpha value is -1.59. The molecule has 0 saturated heterocycles. The van der Waals surface area contributed by atoms with Crippen LogP contribution in [0.1, 0.15) is 26.3 Å². The maximum Gasteiger partial charge on any atom is 0.323 e. The topological polar surface area (TPSA) is 64.6 Å². The maximum atomic E-state index is 11.8. The molecule has 0 aliphatic carbocycles. The number of ether oxygens (including phenoxy) is 2. The maximum absolute atomic E-state index is 11.8. The van der Waals surface area contributed by atoms with E-state index in [1.165, 1.54) is 7.11 Å². The van der Waals surface area contributed by atoms with Crippen molar-refractivity contribution in [3.8, 4) is 0 Å². The van der Waals surface area contributed by atoms with Crippen LogP contribution in [0.4, 0.5) is 0 Å². The molecule has 1 aromatic rings. The summed E-state index contributed by atoms with van der Waals surface area (Å²) in [5.74, 6) is -0.851. The van der Waals surface area contributed by atoms with Gasteiger partial charge in [0.1, 0.15) is 11.6 Å². The fourth-order valence-electron chi connectivity index (χ4n) is 1.82. The van der Waals surface area contributed by atoms with E-state index in [0.29, 0.717) is 11.4 Å². The molecule has 0 fully saturated rings. The van der Waals surface area contributed by atoms with Crippen molar-refractivity contribution in [3.63, 3.8) is 0 Å². The zero-order chi connectivity index (χ0) is 16.8. The van der Waals surface area contributed by atoms with Gasteiger partial charge in [0.15, 0.2) is 0 Å². The van der Waals surface area contributed by atoms with E-state index in [1.54, 1.807) is 32.9 Å². The number of hydrogen-bond donors (Lipinski definition) is 1. The van der Waals surface area contributed by atoms with Gasteiger partial charge in [-0.2, -0.15) is 0 Å². The molecule has 122 valence electrons. The second-order valence-corrected chi connectivity index (χ2v) is 6.31. The molecule has 0 spiro atoms. The molecule has 5 nitrogen and oxygen atoms in total. The molecule has 1 atom stereocenters. The van der Waals surface area contributed by atoms with E-state index < -0.39 is 23.6 Å². The lowest BCUT2D eigenvalue weighted by atomic mass is 10.1. The largest absolute Gasteiger partial charge is 0.468 e. The van der Waals surface area contributed by atoms with E-state index in [0.717, 1.165) is 5.56 Å². The van der Waals surface area contributed by atoms with Gasteiger partial charge < -0.3 is 9.47 Å². The molecule has 0 saturated carbocycles. The van der Waals surface area contributed by atoms with E-state index >= 15 is 0 Å². The van der Waals surface area contributed by atoms with Crippen molar-refractivity contribution in [2.75, 3.05) is 13.7 Å². The van der Waals surface area contributed by atoms with Crippen LogP contribution in [0.15, 0.2) is 24.3 Å². The number of benzene rings is 1. The van der Waals surface area contributed by atoms with Gasteiger partial charge in [0.25, 0.3) is 0 Å². The molecule has 0 unspecified atom stereocenters. The van der Waals surface area contributed by atoms with Crippen molar-refractivity contribution in [2.24, 2.45) is 0 Å². The van der Waals surface area contributed by atoms with E-state index in [4.69, 9.17) is 21.1 Å². The summed E-state index contributed by atoms with van der Waals surface area (Å²) in [6, 6.07) is 6.53. The van der Waals surface area contributed by atoms with Crippen molar-refractivity contribution in [1.29, 1.82) is 0 Å². The first-order chi connectivity index (χ1) is 10.2. The Labute approximate surface area is 135 Å². The van der Waals surface area contributed by atoms with Crippen molar-refractivity contribution in [3.05, 3.63) is 34.9 Å². The van der Waals surface area contributed by atoms with Gasteiger partial charge in [-0.15, -0.1) is 0 Å². The number of carbonyl (C=O) groups is 2. The second-order valence-electron chi connectivity index (χ2n) is 5.87. The zero-order valence-electron chi connectivity index (χ0n) is 13.3. The van der Waals surface area contributed by atoms with Crippen LogP contribution in [0, 0.1) is 0 Å². The molecule has 22 heavy (non-hydrogen) atoms. The summed E-state index contributed by atoms with van der Waals surface area (Å²) in [6.07, 6.45) is 0.395. The van der Waals surface area contributed by atoms with E-state index in [1.807, 2.05) is 12.1 Å². The molecule has 0 aliphatic heterocycles. The summed E-state index contributed by atoms with van der Waals surface area (Å²) in [5, 5.41) is 3.50. The summed E-state index contributed by atoms with van der Waals surface area (Å²) >= 11 is 5.83. The zero-order valence-corrected chi connectivity index (χ0v) is 14.1. The molecule has 1 N–H and O–H groups in total. The molecule has 0 aromatic heterocycles. The Bertz CT molecular complexity index is 508. The third-order valence-electron chi connectivity index (χ3n) is 2.75. The summed E-state index contributed by atoms with van der Waals surface area (Å²) < 4.78 is 9.96. The third kappa shape index (κ3) is 6.91. The van der Waals surface area contributed by atoms with Gasteiger partial charge in [0.2, 0.25) is 0 Å². The first-order valence-corrected chi connectivity index (χ1v) is 7.36. The van der Waals surface area contributed by atoms with Crippen LogP contribution in [0.3, 0.4) is 0 Å². The average Bonchev–Trinajstić information content (AvgIpc) is 2.42. The van der Waals surface area contributed by atoms with Gasteiger partial charge in [0.05, 0.1) is 13.7 Å². The fraction of sp³-hybridized carbons (Fsp3) is 0.500. The van der Waals surface area contributed by atoms with Crippen LogP contribution in [0.2, 0.25) is 5.02 Å². The van der Waals surface area contributed by atoms with E-state index in [2.05, 4.69) is 5.32 Å². The highest BCUT2D eigenvalue weighted by Gasteiger charge is 2.22. The quantitative estimate of drug-likeness (QED) is 0.813. The standard InChI is InChI=1S/C16H22ClNO4/c1-16(2,3)22-14(19)10-18-13(15(20)21-4)9-11-5-7-12(17)8-6-11/h5-8,13,18H,9-10H2,1-4H3/t13-/m0/s1. The molecule has 0 amide bonds. The molecule has 0 heterocycles. The van der Waals surface area contributed by atoms with Crippen LogP contribution < -0.4 is 5.32 Å². The monoisotopic (exact) mass is 327 g/mol. The Morgan fingerprint density at radius 3 is 2.32 bits per heavy atom. The SMILES string of the molecule is COC(=O)[C@H](Cc1ccc(Cl)cc1)NCC(=O)OC(C)(C)C. The molecule has 0 aliphatic rings. The Balaban J connectivity index is 2.63. The van der Waals surface area contributed by atoms with E-state index in [-0.39, 0.29) is 6.54 Å². The number of methoxy groups -OCH3 is 1. The van der Waals surface area contributed by atoms with Gasteiger partial charge in [-0.3, -0.25) is 14.9 Å². The van der Waals surface area contributed by atoms with Gasteiger partial charge in [-0.05, 0) is 44.9 Å². The Morgan fingerprint density at radius 2 is 1.82 bits per heavy atom.